The molecule has 1 aliphatic rings. The van der Waals surface area contributed by atoms with Gasteiger partial charge >= 0.3 is 0 Å². The van der Waals surface area contributed by atoms with Gasteiger partial charge in [0.1, 0.15) is 0 Å². The van der Waals surface area contributed by atoms with Gasteiger partial charge in [0.25, 0.3) is 0 Å². The molecule has 1 saturated heterocycles. The van der Waals surface area contributed by atoms with Crippen LogP contribution in [0.1, 0.15) is 64.7 Å². The van der Waals surface area contributed by atoms with E-state index in [1.54, 1.807) is 0 Å². The number of hydrogen-bond acceptors (Lipinski definition) is 2. The fourth-order valence-corrected chi connectivity index (χ4v) is 2.26. The quantitative estimate of drug-likeness (QED) is 0.425. The van der Waals surface area contributed by atoms with Crippen molar-refractivity contribution in [1.82, 2.24) is 10.0 Å². The summed E-state index contributed by atoms with van der Waals surface area (Å²) in [4.78, 5) is 0. The highest BCUT2D eigenvalue weighted by Gasteiger charge is 2.36. The third-order valence-corrected chi connectivity index (χ3v) is 3.62. The Morgan fingerprint density at radius 3 is 1.67 bits per heavy atom. The van der Waals surface area contributed by atoms with E-state index in [9.17, 15) is 0 Å². The fourth-order valence-electron chi connectivity index (χ4n) is 2.26. The SMILES string of the molecule is CCCCCCCCCCC1N(C)N1C. The van der Waals surface area contributed by atoms with Crippen molar-refractivity contribution in [3.8, 4) is 0 Å². The minimum Gasteiger partial charge on any atom is -0.225 e. The summed E-state index contributed by atoms with van der Waals surface area (Å²) in [6.45, 7) is 2.28. The lowest BCUT2D eigenvalue weighted by atomic mass is 10.1. The van der Waals surface area contributed by atoms with E-state index in [0.717, 1.165) is 6.17 Å². The van der Waals surface area contributed by atoms with Crippen LogP contribution < -0.4 is 0 Å². The molecule has 1 heterocycles. The first-order valence-electron chi connectivity index (χ1n) is 6.73. The van der Waals surface area contributed by atoms with E-state index in [2.05, 4.69) is 31.0 Å². The van der Waals surface area contributed by atoms with Crippen LogP contribution in [0, 0.1) is 0 Å². The van der Waals surface area contributed by atoms with E-state index in [1.165, 1.54) is 57.8 Å². The molecule has 0 aromatic heterocycles. The maximum absolute atomic E-state index is 2.32. The molecule has 0 aromatic rings. The van der Waals surface area contributed by atoms with Gasteiger partial charge in [-0.15, -0.1) is 0 Å². The van der Waals surface area contributed by atoms with Gasteiger partial charge in [0, 0.05) is 14.1 Å². The number of hydrazine groups is 1. The van der Waals surface area contributed by atoms with Gasteiger partial charge in [-0.3, -0.25) is 0 Å². The van der Waals surface area contributed by atoms with Crippen LogP contribution in [0.25, 0.3) is 0 Å². The van der Waals surface area contributed by atoms with Gasteiger partial charge in [0.15, 0.2) is 0 Å². The highest BCUT2D eigenvalue weighted by Crippen LogP contribution is 2.25. The Hall–Kier alpha value is -0.0800. The van der Waals surface area contributed by atoms with Gasteiger partial charge < -0.3 is 0 Å². The lowest BCUT2D eigenvalue weighted by molar-refractivity contribution is 0.412. The summed E-state index contributed by atoms with van der Waals surface area (Å²) in [5.41, 5.74) is 0. The average Bonchev–Trinajstić information content (AvgIpc) is 2.80. The molecule has 0 N–H and O–H groups in total. The molecule has 1 rings (SSSR count). The van der Waals surface area contributed by atoms with Gasteiger partial charge in [0.05, 0.1) is 6.17 Å². The second-order valence-electron chi connectivity index (χ2n) is 4.89. The van der Waals surface area contributed by atoms with Gasteiger partial charge in [-0.1, -0.05) is 58.3 Å². The molecule has 0 aromatic carbocycles. The molecule has 2 heteroatoms. The highest BCUT2D eigenvalue weighted by atomic mass is 15.8. The highest BCUT2D eigenvalue weighted by molar-refractivity contribution is 4.76. The van der Waals surface area contributed by atoms with Gasteiger partial charge in [-0.25, -0.2) is 10.0 Å². The van der Waals surface area contributed by atoms with Crippen LogP contribution in [0.5, 0.6) is 0 Å². The van der Waals surface area contributed by atoms with E-state index >= 15 is 0 Å². The van der Waals surface area contributed by atoms with Crippen LogP contribution in [0.2, 0.25) is 0 Å². The van der Waals surface area contributed by atoms with Crippen LogP contribution >= 0.6 is 0 Å². The first kappa shape index (κ1) is 13.0. The van der Waals surface area contributed by atoms with Gasteiger partial charge in [-0.05, 0) is 6.42 Å². The zero-order valence-electron chi connectivity index (χ0n) is 10.8. The van der Waals surface area contributed by atoms with E-state index in [-0.39, 0.29) is 0 Å². The third-order valence-electron chi connectivity index (χ3n) is 3.62. The Balaban J connectivity index is 1.74. The summed E-state index contributed by atoms with van der Waals surface area (Å²) in [6.07, 6.45) is 13.6. The Bertz CT molecular complexity index is 151. The zero-order chi connectivity index (χ0) is 11.1. The molecule has 90 valence electrons. The lowest BCUT2D eigenvalue weighted by Gasteiger charge is -2.00. The first-order chi connectivity index (χ1) is 7.27. The van der Waals surface area contributed by atoms with E-state index < -0.39 is 0 Å². The second-order valence-corrected chi connectivity index (χ2v) is 4.89. The van der Waals surface area contributed by atoms with Crippen molar-refractivity contribution in [2.45, 2.75) is 70.9 Å². The van der Waals surface area contributed by atoms with Crippen molar-refractivity contribution in [1.29, 1.82) is 0 Å². The van der Waals surface area contributed by atoms with Crippen molar-refractivity contribution >= 4 is 0 Å². The number of unbranched alkanes of at least 4 members (excludes halogenated alkanes) is 7. The maximum Gasteiger partial charge on any atom is 0.0888 e. The molecule has 2 atom stereocenters. The van der Waals surface area contributed by atoms with Crippen LogP contribution in [0.15, 0.2) is 0 Å². The Morgan fingerprint density at radius 1 is 0.733 bits per heavy atom. The Labute approximate surface area is 95.6 Å². The average molecular weight is 212 g/mol. The van der Waals surface area contributed by atoms with Crippen molar-refractivity contribution in [3.05, 3.63) is 0 Å². The monoisotopic (exact) mass is 212 g/mol. The molecule has 0 bridgehead atoms. The number of rotatable bonds is 9. The van der Waals surface area contributed by atoms with Crippen molar-refractivity contribution < 1.29 is 0 Å². The predicted octanol–water partition coefficient (Wildman–Crippen LogP) is 3.64. The van der Waals surface area contributed by atoms with Crippen LogP contribution in [0.3, 0.4) is 0 Å². The number of nitrogens with zero attached hydrogens (tertiary/aromatic N) is 2. The van der Waals surface area contributed by atoms with Crippen LogP contribution in [-0.4, -0.2) is 30.3 Å². The maximum atomic E-state index is 2.32. The fraction of sp³-hybridized carbons (Fsp3) is 1.00. The van der Waals surface area contributed by atoms with Crippen molar-refractivity contribution in [2.24, 2.45) is 0 Å². The predicted molar refractivity (Wildman–Crippen MR) is 66.5 cm³/mol. The minimum absolute atomic E-state index is 0.755. The summed E-state index contributed by atoms with van der Waals surface area (Å²) in [5, 5.41) is 4.64. The topological polar surface area (TPSA) is 6.02 Å². The first-order valence-corrected chi connectivity index (χ1v) is 6.73. The summed E-state index contributed by atoms with van der Waals surface area (Å²) >= 11 is 0. The third kappa shape index (κ3) is 4.98. The van der Waals surface area contributed by atoms with Crippen LogP contribution in [-0.2, 0) is 0 Å². The summed E-state index contributed by atoms with van der Waals surface area (Å²) in [6, 6.07) is 0. The molecule has 1 fully saturated rings. The Kier molecular flexibility index (Phi) is 6.26. The van der Waals surface area contributed by atoms with E-state index in [1.807, 2.05) is 0 Å². The normalized spacial score (nSPS) is 29.4. The van der Waals surface area contributed by atoms with Gasteiger partial charge in [0.2, 0.25) is 0 Å². The Morgan fingerprint density at radius 2 is 1.20 bits per heavy atom. The molecule has 0 saturated carbocycles. The molecule has 0 amide bonds. The molecule has 1 aliphatic heterocycles. The van der Waals surface area contributed by atoms with Crippen LogP contribution in [0.4, 0.5) is 0 Å². The summed E-state index contributed by atoms with van der Waals surface area (Å²) < 4.78 is 0. The molecular formula is C13H28N2. The standard InChI is InChI=1S/C13H28N2/c1-4-5-6-7-8-9-10-11-12-13-14(2)15(13)3/h13H,4-12H2,1-3H3. The van der Waals surface area contributed by atoms with E-state index in [4.69, 9.17) is 0 Å². The molecule has 0 aliphatic carbocycles. The molecule has 0 spiro atoms. The number of hydrogen-bond donors (Lipinski definition) is 0. The molecule has 2 nitrogen and oxygen atoms in total. The van der Waals surface area contributed by atoms with Gasteiger partial charge in [-0.2, -0.15) is 0 Å². The van der Waals surface area contributed by atoms with Crippen molar-refractivity contribution in [3.63, 3.8) is 0 Å². The van der Waals surface area contributed by atoms with Crippen molar-refractivity contribution in [2.75, 3.05) is 14.1 Å². The second kappa shape index (κ2) is 7.24. The summed E-state index contributed by atoms with van der Waals surface area (Å²) in [7, 11) is 4.35. The lowest BCUT2D eigenvalue weighted by Crippen LogP contribution is -1.94. The zero-order valence-corrected chi connectivity index (χ0v) is 10.8. The molecule has 0 radical (unpaired) electrons. The molecular weight excluding hydrogens is 184 g/mol. The summed E-state index contributed by atoms with van der Waals surface area (Å²) in [5.74, 6) is 0. The molecule has 15 heavy (non-hydrogen) atoms. The largest absolute Gasteiger partial charge is 0.225 e. The minimum atomic E-state index is 0.755. The molecule has 2 unspecified atom stereocenters. The van der Waals surface area contributed by atoms with E-state index in [0.29, 0.717) is 0 Å². The smallest absolute Gasteiger partial charge is 0.0888 e.